The summed E-state index contributed by atoms with van der Waals surface area (Å²) >= 11 is 0. The number of hydrogen-bond donors (Lipinski definition) is 4. The van der Waals surface area contributed by atoms with Gasteiger partial charge in [0.1, 0.15) is 0 Å². The molecule has 1 saturated carbocycles. The van der Waals surface area contributed by atoms with Crippen molar-refractivity contribution in [3.05, 3.63) is 29.8 Å². The molecule has 1 aliphatic carbocycles. The second-order valence-electron chi connectivity index (χ2n) is 5.01. The summed E-state index contributed by atoms with van der Waals surface area (Å²) < 4.78 is 0. The fourth-order valence-corrected chi connectivity index (χ4v) is 2.16. The van der Waals surface area contributed by atoms with E-state index in [1.807, 2.05) is 24.3 Å². The van der Waals surface area contributed by atoms with E-state index >= 15 is 0 Å². The van der Waals surface area contributed by atoms with E-state index in [1.54, 1.807) is 0 Å². The molecule has 0 unspecified atom stereocenters. The number of nitrogen functional groups attached to an aromatic ring is 1. The number of nitrogens with one attached hydrogen (secondary N) is 3. The first-order valence-electron chi connectivity index (χ1n) is 6.75. The van der Waals surface area contributed by atoms with Crippen LogP contribution in [0.1, 0.15) is 24.8 Å². The second kappa shape index (κ2) is 6.27. The summed E-state index contributed by atoms with van der Waals surface area (Å²) in [4.78, 5) is 21.9. The van der Waals surface area contributed by atoms with Crippen molar-refractivity contribution in [3.63, 3.8) is 0 Å². The van der Waals surface area contributed by atoms with Gasteiger partial charge in [-0.15, -0.1) is 0 Å². The van der Waals surface area contributed by atoms with Crippen molar-refractivity contribution in [3.8, 4) is 0 Å². The van der Waals surface area contributed by atoms with Gasteiger partial charge in [-0.05, 0) is 37.0 Å². The molecule has 1 fully saturated rings. The molecule has 1 aromatic rings. The monoisotopic (exact) mass is 276 g/mol. The highest BCUT2D eigenvalue weighted by Gasteiger charge is 2.45. The molecule has 0 saturated heterocycles. The summed E-state index contributed by atoms with van der Waals surface area (Å²) in [6.45, 7) is 1.09. The van der Waals surface area contributed by atoms with E-state index < -0.39 is 0 Å². The number of carbonyl (C=O) groups excluding carboxylic acids is 2. The maximum absolute atomic E-state index is 11.8. The number of anilines is 1. The number of benzene rings is 1. The van der Waals surface area contributed by atoms with Crippen LogP contribution in [-0.2, 0) is 10.3 Å². The molecule has 6 nitrogen and oxygen atoms in total. The Morgan fingerprint density at radius 3 is 2.80 bits per heavy atom. The molecule has 0 heterocycles. The predicted molar refractivity (Wildman–Crippen MR) is 77.0 cm³/mol. The van der Waals surface area contributed by atoms with Crippen LogP contribution >= 0.6 is 0 Å². The first kappa shape index (κ1) is 14.2. The van der Waals surface area contributed by atoms with Crippen LogP contribution in [0.25, 0.3) is 0 Å². The second-order valence-corrected chi connectivity index (χ2v) is 5.01. The molecular weight excluding hydrogens is 256 g/mol. The third-order valence-corrected chi connectivity index (χ3v) is 3.41. The van der Waals surface area contributed by atoms with Crippen LogP contribution in [0.4, 0.5) is 10.5 Å². The Bertz CT molecular complexity index is 486. The predicted octanol–water partition coefficient (Wildman–Crippen LogP) is 0.693. The first-order chi connectivity index (χ1) is 9.66. The van der Waals surface area contributed by atoms with Crippen molar-refractivity contribution in [2.45, 2.75) is 24.8 Å². The van der Waals surface area contributed by atoms with Gasteiger partial charge >= 0.3 is 6.03 Å². The highest BCUT2D eigenvalue weighted by Crippen LogP contribution is 2.45. The van der Waals surface area contributed by atoms with Gasteiger partial charge in [0.15, 0.2) is 0 Å². The summed E-state index contributed by atoms with van der Waals surface area (Å²) in [5.41, 5.74) is 7.27. The zero-order valence-electron chi connectivity index (χ0n) is 11.3. The smallest absolute Gasteiger partial charge is 0.315 e. The minimum atomic E-state index is -0.263. The lowest BCUT2D eigenvalue weighted by atomic mass is 10.0. The lowest BCUT2D eigenvalue weighted by molar-refractivity contribution is -0.109. The van der Waals surface area contributed by atoms with Crippen molar-refractivity contribution in [1.82, 2.24) is 16.0 Å². The molecule has 1 aliphatic rings. The standard InChI is InChI=1S/C14H20N4O2/c15-12-4-1-3-11(9-12)14(5-6-14)18-13(20)17-8-2-7-16-10-19/h1,3-4,9-10H,2,5-8,15H2,(H,16,19)(H2,17,18,20). The maximum Gasteiger partial charge on any atom is 0.315 e. The Labute approximate surface area is 118 Å². The molecule has 3 amide bonds. The van der Waals surface area contributed by atoms with Crippen LogP contribution in [0.2, 0.25) is 0 Å². The number of hydrogen-bond acceptors (Lipinski definition) is 3. The van der Waals surface area contributed by atoms with Crippen molar-refractivity contribution in [1.29, 1.82) is 0 Å². The highest BCUT2D eigenvalue weighted by molar-refractivity contribution is 5.75. The molecule has 0 aromatic heterocycles. The lowest BCUT2D eigenvalue weighted by Gasteiger charge is -2.18. The largest absolute Gasteiger partial charge is 0.399 e. The molecule has 108 valence electrons. The van der Waals surface area contributed by atoms with Crippen LogP contribution in [0.15, 0.2) is 24.3 Å². The molecule has 6 heteroatoms. The van der Waals surface area contributed by atoms with E-state index in [0.29, 0.717) is 31.6 Å². The van der Waals surface area contributed by atoms with Gasteiger partial charge in [-0.25, -0.2) is 4.79 Å². The van der Waals surface area contributed by atoms with E-state index in [2.05, 4.69) is 16.0 Å². The van der Waals surface area contributed by atoms with E-state index in [9.17, 15) is 9.59 Å². The maximum atomic E-state index is 11.8. The van der Waals surface area contributed by atoms with Gasteiger partial charge in [-0.3, -0.25) is 4.79 Å². The Balaban J connectivity index is 1.80. The summed E-state index contributed by atoms with van der Waals surface area (Å²) in [6, 6.07) is 7.43. The van der Waals surface area contributed by atoms with Crippen molar-refractivity contribution >= 4 is 18.1 Å². The van der Waals surface area contributed by atoms with Crippen LogP contribution in [-0.4, -0.2) is 25.5 Å². The number of rotatable bonds is 7. The lowest BCUT2D eigenvalue weighted by Crippen LogP contribution is -2.42. The number of nitrogens with two attached hydrogens (primary N) is 1. The molecule has 0 bridgehead atoms. The van der Waals surface area contributed by atoms with Gasteiger partial charge < -0.3 is 21.7 Å². The van der Waals surface area contributed by atoms with Gasteiger partial charge in [-0.2, -0.15) is 0 Å². The van der Waals surface area contributed by atoms with Crippen molar-refractivity contribution in [2.24, 2.45) is 0 Å². The average Bonchev–Trinajstić information content (AvgIpc) is 3.19. The Morgan fingerprint density at radius 2 is 2.15 bits per heavy atom. The highest BCUT2D eigenvalue weighted by atomic mass is 16.2. The molecule has 1 aromatic carbocycles. The molecule has 5 N–H and O–H groups in total. The molecule has 2 rings (SSSR count). The van der Waals surface area contributed by atoms with E-state index in [-0.39, 0.29) is 11.6 Å². The van der Waals surface area contributed by atoms with Gasteiger partial charge in [-0.1, -0.05) is 12.1 Å². The number of urea groups is 1. The topological polar surface area (TPSA) is 96.2 Å². The molecule has 0 atom stereocenters. The summed E-state index contributed by atoms with van der Waals surface area (Å²) in [5.74, 6) is 0. The third-order valence-electron chi connectivity index (χ3n) is 3.41. The Kier molecular flexibility index (Phi) is 4.45. The third kappa shape index (κ3) is 3.63. The molecular formula is C14H20N4O2. The van der Waals surface area contributed by atoms with Crippen LogP contribution in [0.3, 0.4) is 0 Å². The van der Waals surface area contributed by atoms with Crippen LogP contribution in [0.5, 0.6) is 0 Å². The number of carbonyl (C=O) groups is 2. The zero-order chi connectivity index (χ0) is 14.4. The number of amides is 3. The van der Waals surface area contributed by atoms with Crippen LogP contribution in [0, 0.1) is 0 Å². The quantitative estimate of drug-likeness (QED) is 0.335. The Hall–Kier alpha value is -2.24. The normalized spacial score (nSPS) is 15.2. The summed E-state index contributed by atoms with van der Waals surface area (Å²) in [6.07, 6.45) is 3.21. The minimum Gasteiger partial charge on any atom is -0.399 e. The van der Waals surface area contributed by atoms with E-state index in [4.69, 9.17) is 5.73 Å². The van der Waals surface area contributed by atoms with E-state index in [0.717, 1.165) is 18.4 Å². The molecule has 20 heavy (non-hydrogen) atoms. The molecule has 0 aliphatic heterocycles. The Morgan fingerprint density at radius 1 is 1.35 bits per heavy atom. The van der Waals surface area contributed by atoms with Crippen molar-refractivity contribution in [2.75, 3.05) is 18.8 Å². The van der Waals surface area contributed by atoms with Crippen molar-refractivity contribution < 1.29 is 9.59 Å². The van der Waals surface area contributed by atoms with Crippen LogP contribution < -0.4 is 21.7 Å². The fraction of sp³-hybridized carbons (Fsp3) is 0.429. The van der Waals surface area contributed by atoms with Gasteiger partial charge in [0.05, 0.1) is 5.54 Å². The van der Waals surface area contributed by atoms with Gasteiger partial charge in [0.2, 0.25) is 6.41 Å². The van der Waals surface area contributed by atoms with Gasteiger partial charge in [0.25, 0.3) is 0 Å². The summed E-state index contributed by atoms with van der Waals surface area (Å²) in [7, 11) is 0. The first-order valence-corrected chi connectivity index (χ1v) is 6.75. The fourth-order valence-electron chi connectivity index (χ4n) is 2.16. The van der Waals surface area contributed by atoms with E-state index in [1.165, 1.54) is 0 Å². The van der Waals surface area contributed by atoms with Gasteiger partial charge in [0, 0.05) is 18.8 Å². The molecule has 0 spiro atoms. The average molecular weight is 276 g/mol. The zero-order valence-corrected chi connectivity index (χ0v) is 11.3. The summed E-state index contributed by atoms with van der Waals surface area (Å²) in [5, 5.41) is 8.34. The SMILES string of the molecule is Nc1cccc(C2(NC(=O)NCCCNC=O)CC2)c1. The minimum absolute atomic E-state index is 0.184. The molecule has 0 radical (unpaired) electrons.